The third-order valence-electron chi connectivity index (χ3n) is 3.16. The first-order chi connectivity index (χ1) is 6.62. The minimum absolute atomic E-state index is 0. The zero-order valence-corrected chi connectivity index (χ0v) is 10.0. The summed E-state index contributed by atoms with van der Waals surface area (Å²) < 4.78 is 0. The summed E-state index contributed by atoms with van der Waals surface area (Å²) >= 11 is 0. The SMILES string of the molecule is Cl.NC1(CCCCC(=O)O)CCCCC1. The highest BCUT2D eigenvalue weighted by Crippen LogP contribution is 2.30. The predicted molar refractivity (Wildman–Crippen MR) is 63.4 cm³/mol. The Morgan fingerprint density at radius 3 is 2.33 bits per heavy atom. The van der Waals surface area contributed by atoms with Gasteiger partial charge in [-0.3, -0.25) is 4.79 Å². The molecule has 0 spiro atoms. The fourth-order valence-electron chi connectivity index (χ4n) is 2.26. The van der Waals surface area contributed by atoms with Gasteiger partial charge in [0.2, 0.25) is 0 Å². The molecule has 90 valence electrons. The molecule has 15 heavy (non-hydrogen) atoms. The molecule has 4 heteroatoms. The molecule has 0 atom stereocenters. The van der Waals surface area contributed by atoms with E-state index >= 15 is 0 Å². The number of halogens is 1. The molecule has 0 aliphatic heterocycles. The third kappa shape index (κ3) is 6.00. The van der Waals surface area contributed by atoms with E-state index in [2.05, 4.69) is 0 Å². The zero-order valence-electron chi connectivity index (χ0n) is 9.21. The van der Waals surface area contributed by atoms with Gasteiger partial charge in [0.1, 0.15) is 0 Å². The Bertz CT molecular complexity index is 191. The summed E-state index contributed by atoms with van der Waals surface area (Å²) in [4.78, 5) is 10.3. The molecule has 0 heterocycles. The maximum absolute atomic E-state index is 10.3. The van der Waals surface area contributed by atoms with E-state index in [4.69, 9.17) is 10.8 Å². The van der Waals surface area contributed by atoms with Crippen LogP contribution in [0.25, 0.3) is 0 Å². The Morgan fingerprint density at radius 2 is 1.80 bits per heavy atom. The molecule has 0 amide bonds. The van der Waals surface area contributed by atoms with Gasteiger partial charge >= 0.3 is 5.97 Å². The maximum atomic E-state index is 10.3. The molecule has 1 aliphatic rings. The number of aliphatic carboxylic acids is 1. The van der Waals surface area contributed by atoms with Crippen molar-refractivity contribution in [3.8, 4) is 0 Å². The van der Waals surface area contributed by atoms with E-state index in [9.17, 15) is 4.79 Å². The van der Waals surface area contributed by atoms with Crippen LogP contribution in [0.15, 0.2) is 0 Å². The van der Waals surface area contributed by atoms with Crippen molar-refractivity contribution in [3.63, 3.8) is 0 Å². The van der Waals surface area contributed by atoms with E-state index in [1.165, 1.54) is 19.3 Å². The van der Waals surface area contributed by atoms with Crippen LogP contribution in [0.5, 0.6) is 0 Å². The van der Waals surface area contributed by atoms with Gasteiger partial charge in [-0.15, -0.1) is 12.4 Å². The lowest BCUT2D eigenvalue weighted by Gasteiger charge is -2.33. The standard InChI is InChI=1S/C11H21NO2.ClH/c12-11(7-3-1-4-8-11)9-5-2-6-10(13)14;/h1-9,12H2,(H,13,14);1H. The minimum Gasteiger partial charge on any atom is -0.481 e. The smallest absolute Gasteiger partial charge is 0.303 e. The van der Waals surface area contributed by atoms with Crippen LogP contribution in [-0.4, -0.2) is 16.6 Å². The molecule has 0 aromatic carbocycles. The Labute approximate surface area is 97.8 Å². The molecule has 0 unspecified atom stereocenters. The summed E-state index contributed by atoms with van der Waals surface area (Å²) in [7, 11) is 0. The van der Waals surface area contributed by atoms with Gasteiger partial charge in [0, 0.05) is 12.0 Å². The summed E-state index contributed by atoms with van der Waals surface area (Å²) in [5.74, 6) is -0.695. The molecular weight excluding hydrogens is 214 g/mol. The average Bonchev–Trinajstić information content (AvgIpc) is 2.14. The molecule has 1 fully saturated rings. The van der Waals surface area contributed by atoms with E-state index in [1.807, 2.05) is 0 Å². The molecular formula is C11H22ClNO2. The van der Waals surface area contributed by atoms with Crippen molar-refractivity contribution in [1.29, 1.82) is 0 Å². The predicted octanol–water partition coefficient (Wildman–Crippen LogP) is 2.71. The zero-order chi connectivity index (χ0) is 10.4. The number of carbonyl (C=O) groups is 1. The average molecular weight is 236 g/mol. The quantitative estimate of drug-likeness (QED) is 0.721. The topological polar surface area (TPSA) is 63.3 Å². The number of carboxylic acids is 1. The lowest BCUT2D eigenvalue weighted by molar-refractivity contribution is -0.137. The van der Waals surface area contributed by atoms with E-state index in [1.54, 1.807) is 0 Å². The van der Waals surface area contributed by atoms with Crippen LogP contribution in [0.3, 0.4) is 0 Å². The molecule has 3 N–H and O–H groups in total. The lowest BCUT2D eigenvalue weighted by Crippen LogP contribution is -2.41. The molecule has 0 radical (unpaired) electrons. The first-order valence-corrected chi connectivity index (χ1v) is 5.63. The molecule has 0 bridgehead atoms. The summed E-state index contributed by atoms with van der Waals surface area (Å²) in [6, 6.07) is 0. The van der Waals surface area contributed by atoms with E-state index in [-0.39, 0.29) is 24.4 Å². The van der Waals surface area contributed by atoms with Crippen molar-refractivity contribution < 1.29 is 9.90 Å². The third-order valence-corrected chi connectivity index (χ3v) is 3.16. The van der Waals surface area contributed by atoms with Crippen LogP contribution in [0.1, 0.15) is 57.8 Å². The van der Waals surface area contributed by atoms with E-state index in [0.29, 0.717) is 0 Å². The van der Waals surface area contributed by atoms with Crippen LogP contribution in [0, 0.1) is 0 Å². The van der Waals surface area contributed by atoms with Crippen LogP contribution in [-0.2, 0) is 4.79 Å². The first-order valence-electron chi connectivity index (χ1n) is 5.63. The van der Waals surface area contributed by atoms with Gasteiger partial charge in [-0.25, -0.2) is 0 Å². The largest absolute Gasteiger partial charge is 0.481 e. The number of nitrogens with two attached hydrogens (primary N) is 1. The van der Waals surface area contributed by atoms with Gasteiger partial charge in [-0.1, -0.05) is 25.7 Å². The van der Waals surface area contributed by atoms with Gasteiger partial charge in [0.05, 0.1) is 0 Å². The summed E-state index contributed by atoms with van der Waals surface area (Å²) in [6.45, 7) is 0. The second-order valence-electron chi connectivity index (χ2n) is 4.52. The highest BCUT2D eigenvalue weighted by Gasteiger charge is 2.26. The lowest BCUT2D eigenvalue weighted by atomic mass is 9.79. The number of unbranched alkanes of at least 4 members (excludes halogenated alkanes) is 1. The first kappa shape index (κ1) is 14.7. The van der Waals surface area contributed by atoms with Gasteiger partial charge in [0.15, 0.2) is 0 Å². The molecule has 1 rings (SSSR count). The molecule has 3 nitrogen and oxygen atoms in total. The normalized spacial score (nSPS) is 19.3. The van der Waals surface area contributed by atoms with Gasteiger partial charge in [-0.2, -0.15) is 0 Å². The second-order valence-corrected chi connectivity index (χ2v) is 4.52. The van der Waals surface area contributed by atoms with Crippen molar-refractivity contribution in [2.45, 2.75) is 63.3 Å². The molecule has 0 saturated heterocycles. The van der Waals surface area contributed by atoms with Crippen LogP contribution >= 0.6 is 12.4 Å². The number of hydrogen-bond acceptors (Lipinski definition) is 2. The number of rotatable bonds is 5. The molecule has 0 aromatic rings. The highest BCUT2D eigenvalue weighted by atomic mass is 35.5. The summed E-state index contributed by atoms with van der Waals surface area (Å²) in [6.07, 6.45) is 9.08. The number of carboxylic acid groups (broad SMARTS) is 1. The van der Waals surface area contributed by atoms with Crippen molar-refractivity contribution in [1.82, 2.24) is 0 Å². The van der Waals surface area contributed by atoms with E-state index in [0.717, 1.165) is 32.1 Å². The molecule has 1 saturated carbocycles. The van der Waals surface area contributed by atoms with E-state index < -0.39 is 5.97 Å². The van der Waals surface area contributed by atoms with Crippen LogP contribution in [0.4, 0.5) is 0 Å². The maximum Gasteiger partial charge on any atom is 0.303 e. The monoisotopic (exact) mass is 235 g/mol. The highest BCUT2D eigenvalue weighted by molar-refractivity contribution is 5.85. The second kappa shape index (κ2) is 7.07. The van der Waals surface area contributed by atoms with Crippen molar-refractivity contribution >= 4 is 18.4 Å². The van der Waals surface area contributed by atoms with Crippen LogP contribution < -0.4 is 5.73 Å². The van der Waals surface area contributed by atoms with Crippen molar-refractivity contribution in [3.05, 3.63) is 0 Å². The molecule has 0 aromatic heterocycles. The fourth-order valence-corrected chi connectivity index (χ4v) is 2.26. The summed E-state index contributed by atoms with van der Waals surface area (Å²) in [5, 5.41) is 8.48. The van der Waals surface area contributed by atoms with Crippen LogP contribution in [0.2, 0.25) is 0 Å². The van der Waals surface area contributed by atoms with Gasteiger partial charge in [-0.05, 0) is 25.7 Å². The van der Waals surface area contributed by atoms with Gasteiger partial charge < -0.3 is 10.8 Å². The Balaban J connectivity index is 0.00000196. The molecule has 1 aliphatic carbocycles. The Morgan fingerprint density at radius 1 is 1.20 bits per heavy atom. The summed E-state index contributed by atoms with van der Waals surface area (Å²) in [5.41, 5.74) is 6.25. The van der Waals surface area contributed by atoms with Crippen molar-refractivity contribution in [2.24, 2.45) is 5.73 Å². The number of hydrogen-bond donors (Lipinski definition) is 2. The Kier molecular flexibility index (Phi) is 6.94. The fraction of sp³-hybridized carbons (Fsp3) is 0.909. The van der Waals surface area contributed by atoms with Gasteiger partial charge in [0.25, 0.3) is 0 Å². The minimum atomic E-state index is -0.695. The van der Waals surface area contributed by atoms with Crippen molar-refractivity contribution in [2.75, 3.05) is 0 Å². The Hall–Kier alpha value is -0.280.